The molecule has 0 unspecified atom stereocenters. The summed E-state index contributed by atoms with van der Waals surface area (Å²) in [7, 11) is -1.92. The van der Waals surface area contributed by atoms with E-state index in [2.05, 4.69) is 20.7 Å². The third-order valence-corrected chi connectivity index (χ3v) is 6.14. The van der Waals surface area contributed by atoms with Gasteiger partial charge in [0.2, 0.25) is 0 Å². The zero-order chi connectivity index (χ0) is 14.8. The highest BCUT2D eigenvalue weighted by Gasteiger charge is 2.47. The summed E-state index contributed by atoms with van der Waals surface area (Å²) in [5, 5.41) is 0. The lowest BCUT2D eigenvalue weighted by atomic mass is 10.1. The van der Waals surface area contributed by atoms with Crippen molar-refractivity contribution >= 4 is 31.7 Å². The maximum absolute atomic E-state index is 12.3. The largest absolute Gasteiger partial charge is 0.469 e. The van der Waals surface area contributed by atoms with Crippen LogP contribution in [0.15, 0.2) is 28.7 Å². The quantitative estimate of drug-likeness (QED) is 0.731. The summed E-state index contributed by atoms with van der Waals surface area (Å²) in [6, 6.07) is 7.28. The van der Waals surface area contributed by atoms with Crippen molar-refractivity contribution in [3.05, 3.63) is 34.3 Å². The van der Waals surface area contributed by atoms with Crippen LogP contribution in [-0.2, 0) is 25.1 Å². The summed E-state index contributed by atoms with van der Waals surface area (Å²) >= 11 is 3.36. The van der Waals surface area contributed by atoms with Crippen LogP contribution in [0.4, 0.5) is 0 Å². The van der Waals surface area contributed by atoms with Gasteiger partial charge in [-0.05, 0) is 29.9 Å². The van der Waals surface area contributed by atoms with Gasteiger partial charge in [-0.15, -0.1) is 0 Å². The van der Waals surface area contributed by atoms with Gasteiger partial charge in [-0.2, -0.15) is 0 Å². The lowest BCUT2D eigenvalue weighted by Crippen LogP contribution is -2.22. The average Bonchev–Trinajstić information content (AvgIpc) is 3.10. The maximum atomic E-state index is 12.3. The van der Waals surface area contributed by atoms with Gasteiger partial charge in [-0.1, -0.05) is 34.1 Å². The Bertz CT molecular complexity index is 605. The molecule has 0 atom stereocenters. The van der Waals surface area contributed by atoms with E-state index < -0.39 is 15.3 Å². The van der Waals surface area contributed by atoms with Crippen LogP contribution in [0.5, 0.6) is 0 Å². The van der Waals surface area contributed by atoms with Crippen LogP contribution in [0, 0.1) is 5.41 Å². The van der Waals surface area contributed by atoms with E-state index in [4.69, 9.17) is 0 Å². The van der Waals surface area contributed by atoms with Gasteiger partial charge in [0, 0.05) is 4.47 Å². The van der Waals surface area contributed by atoms with Crippen LogP contribution < -0.4 is 0 Å². The van der Waals surface area contributed by atoms with Gasteiger partial charge in [0.15, 0.2) is 9.84 Å². The molecule has 0 aromatic heterocycles. The van der Waals surface area contributed by atoms with E-state index >= 15 is 0 Å². The van der Waals surface area contributed by atoms with E-state index in [0.29, 0.717) is 0 Å². The molecule has 1 saturated carbocycles. The number of hydrogen-bond donors (Lipinski definition) is 0. The number of rotatable bonds is 6. The Morgan fingerprint density at radius 1 is 1.35 bits per heavy atom. The van der Waals surface area contributed by atoms with Crippen molar-refractivity contribution in [3.8, 4) is 0 Å². The molecule has 1 aromatic rings. The Morgan fingerprint density at radius 3 is 2.55 bits per heavy atom. The summed E-state index contributed by atoms with van der Waals surface area (Å²) in [6.45, 7) is 0. The summed E-state index contributed by atoms with van der Waals surface area (Å²) in [4.78, 5) is 11.3. The summed E-state index contributed by atoms with van der Waals surface area (Å²) < 4.78 is 30.0. The van der Waals surface area contributed by atoms with Gasteiger partial charge in [0.25, 0.3) is 0 Å². The highest BCUT2D eigenvalue weighted by Crippen LogP contribution is 2.50. The molecule has 0 saturated heterocycles. The van der Waals surface area contributed by atoms with Crippen molar-refractivity contribution in [1.82, 2.24) is 0 Å². The van der Waals surface area contributed by atoms with E-state index in [-0.39, 0.29) is 23.9 Å². The van der Waals surface area contributed by atoms with Crippen LogP contribution in [0.25, 0.3) is 0 Å². The number of halogens is 1. The number of carbonyl (C=O) groups is 1. The van der Waals surface area contributed by atoms with Gasteiger partial charge in [0.05, 0.1) is 25.0 Å². The molecule has 6 heteroatoms. The van der Waals surface area contributed by atoms with Gasteiger partial charge in [0.1, 0.15) is 0 Å². The third-order valence-electron chi connectivity index (χ3n) is 3.56. The highest BCUT2D eigenvalue weighted by molar-refractivity contribution is 9.10. The Hall–Kier alpha value is -0.880. The van der Waals surface area contributed by atoms with Crippen molar-refractivity contribution in [1.29, 1.82) is 0 Å². The number of ether oxygens (including phenoxy) is 1. The molecule has 0 N–H and O–H groups in total. The molecular formula is C14H17BrO4S. The molecule has 1 fully saturated rings. The molecule has 20 heavy (non-hydrogen) atoms. The van der Waals surface area contributed by atoms with Crippen LogP contribution in [0.2, 0.25) is 0 Å². The first-order valence-electron chi connectivity index (χ1n) is 6.36. The fraction of sp³-hybridized carbons (Fsp3) is 0.500. The highest BCUT2D eigenvalue weighted by atomic mass is 79.9. The molecule has 0 radical (unpaired) electrons. The zero-order valence-electron chi connectivity index (χ0n) is 11.3. The Labute approximate surface area is 127 Å². The number of esters is 1. The maximum Gasteiger partial charge on any atom is 0.306 e. The summed E-state index contributed by atoms with van der Waals surface area (Å²) in [5.74, 6) is -0.285. The predicted octanol–water partition coefficient (Wildman–Crippen LogP) is 2.71. The van der Waals surface area contributed by atoms with Crippen LogP contribution in [0.3, 0.4) is 0 Å². The first-order valence-corrected chi connectivity index (χ1v) is 8.98. The van der Waals surface area contributed by atoms with Gasteiger partial charge in [-0.3, -0.25) is 4.79 Å². The monoisotopic (exact) mass is 360 g/mol. The van der Waals surface area contributed by atoms with Crippen molar-refractivity contribution in [2.24, 2.45) is 5.41 Å². The van der Waals surface area contributed by atoms with Crippen LogP contribution in [-0.4, -0.2) is 27.2 Å². The molecule has 0 aliphatic heterocycles. The molecule has 0 spiro atoms. The molecule has 1 aliphatic rings. The molecule has 0 heterocycles. The van der Waals surface area contributed by atoms with Crippen molar-refractivity contribution < 1.29 is 17.9 Å². The average molecular weight is 361 g/mol. The normalized spacial score (nSPS) is 16.7. The van der Waals surface area contributed by atoms with E-state index in [9.17, 15) is 13.2 Å². The molecule has 0 bridgehead atoms. The second-order valence-electron chi connectivity index (χ2n) is 5.38. The molecule has 110 valence electrons. The van der Waals surface area contributed by atoms with Crippen molar-refractivity contribution in [3.63, 3.8) is 0 Å². The summed E-state index contributed by atoms with van der Waals surface area (Å²) in [6.07, 6.45) is 1.74. The molecule has 0 amide bonds. The van der Waals surface area contributed by atoms with Crippen molar-refractivity contribution in [2.75, 3.05) is 12.9 Å². The Morgan fingerprint density at radius 2 is 2.00 bits per heavy atom. The van der Waals surface area contributed by atoms with E-state index in [0.717, 1.165) is 22.9 Å². The number of benzene rings is 1. The minimum absolute atomic E-state index is 0.00263. The third kappa shape index (κ3) is 4.06. The van der Waals surface area contributed by atoms with Crippen LogP contribution in [0.1, 0.15) is 24.8 Å². The van der Waals surface area contributed by atoms with Gasteiger partial charge < -0.3 is 4.74 Å². The van der Waals surface area contributed by atoms with Gasteiger partial charge >= 0.3 is 5.97 Å². The van der Waals surface area contributed by atoms with Gasteiger partial charge in [-0.25, -0.2) is 8.42 Å². The predicted molar refractivity (Wildman–Crippen MR) is 79.9 cm³/mol. The molecule has 2 rings (SSSR count). The van der Waals surface area contributed by atoms with E-state index in [1.165, 1.54) is 7.11 Å². The second kappa shape index (κ2) is 5.85. The lowest BCUT2D eigenvalue weighted by Gasteiger charge is -2.14. The summed E-state index contributed by atoms with van der Waals surface area (Å²) in [5.41, 5.74) is 0.356. The van der Waals surface area contributed by atoms with Crippen LogP contribution >= 0.6 is 15.9 Å². The second-order valence-corrected chi connectivity index (χ2v) is 8.30. The smallest absolute Gasteiger partial charge is 0.306 e. The zero-order valence-corrected chi connectivity index (χ0v) is 13.7. The topological polar surface area (TPSA) is 60.4 Å². The van der Waals surface area contributed by atoms with E-state index in [1.807, 2.05) is 18.2 Å². The number of carbonyl (C=O) groups excluding carboxylic acids is 1. The van der Waals surface area contributed by atoms with Crippen molar-refractivity contribution in [2.45, 2.75) is 25.0 Å². The number of hydrogen-bond acceptors (Lipinski definition) is 4. The molecular weight excluding hydrogens is 344 g/mol. The minimum Gasteiger partial charge on any atom is -0.469 e. The minimum atomic E-state index is -3.24. The fourth-order valence-corrected chi connectivity index (χ4v) is 5.06. The SMILES string of the molecule is COC(=O)CC1(CS(=O)(=O)Cc2ccccc2Br)CC1. The Kier molecular flexibility index (Phi) is 4.54. The fourth-order valence-electron chi connectivity index (χ4n) is 2.30. The first-order chi connectivity index (χ1) is 9.36. The number of sulfone groups is 1. The molecule has 1 aromatic carbocycles. The molecule has 4 nitrogen and oxygen atoms in total. The van der Waals surface area contributed by atoms with E-state index in [1.54, 1.807) is 6.07 Å². The number of methoxy groups -OCH3 is 1. The Balaban J connectivity index is 2.05. The standard InChI is InChI=1S/C14H17BrO4S/c1-19-13(16)8-14(6-7-14)10-20(17,18)9-11-4-2-3-5-12(11)15/h2-5H,6-10H2,1H3. The lowest BCUT2D eigenvalue weighted by molar-refractivity contribution is -0.141. The molecule has 1 aliphatic carbocycles. The first kappa shape index (κ1) is 15.5.